The lowest BCUT2D eigenvalue weighted by Crippen LogP contribution is -2.43. The average Bonchev–Trinajstić information content (AvgIpc) is 2.72. The van der Waals surface area contributed by atoms with Gasteiger partial charge in [-0.3, -0.25) is 15.0 Å². The highest BCUT2D eigenvalue weighted by molar-refractivity contribution is 9.10. The molecule has 0 saturated carbocycles. The molecule has 1 aromatic rings. The molecule has 6 nitrogen and oxygen atoms in total. The molecule has 1 saturated heterocycles. The Morgan fingerprint density at radius 3 is 2.86 bits per heavy atom. The SMILES string of the molecule is CC1CN(C(=O)O)C(Cc2cccc(Br)c2F)C1[N+](=O)[O-]. The Labute approximate surface area is 128 Å². The molecule has 0 spiro atoms. The summed E-state index contributed by atoms with van der Waals surface area (Å²) in [5.41, 5.74) is 0.265. The minimum absolute atomic E-state index is 0.0203. The van der Waals surface area contributed by atoms with Gasteiger partial charge in [0, 0.05) is 23.8 Å². The van der Waals surface area contributed by atoms with Gasteiger partial charge in [0.2, 0.25) is 6.04 Å². The molecule has 1 aromatic carbocycles. The minimum Gasteiger partial charge on any atom is -0.465 e. The Kier molecular flexibility index (Phi) is 4.46. The van der Waals surface area contributed by atoms with Crippen LogP contribution in [0.25, 0.3) is 0 Å². The number of carbonyl (C=O) groups is 1. The molecule has 2 rings (SSSR count). The first-order chi connectivity index (χ1) is 9.82. The summed E-state index contributed by atoms with van der Waals surface area (Å²) in [6.45, 7) is 1.72. The fourth-order valence-corrected chi connectivity index (χ4v) is 3.26. The second-order valence-corrected chi connectivity index (χ2v) is 6.03. The summed E-state index contributed by atoms with van der Waals surface area (Å²) in [6, 6.07) is 2.76. The van der Waals surface area contributed by atoms with Crippen LogP contribution in [0, 0.1) is 21.8 Å². The predicted molar refractivity (Wildman–Crippen MR) is 76.3 cm³/mol. The van der Waals surface area contributed by atoms with Crippen LogP contribution >= 0.6 is 15.9 Å². The van der Waals surface area contributed by atoms with Crippen LogP contribution in [0.4, 0.5) is 9.18 Å². The van der Waals surface area contributed by atoms with Gasteiger partial charge in [-0.05, 0) is 27.6 Å². The van der Waals surface area contributed by atoms with Crippen LogP contribution in [0.15, 0.2) is 22.7 Å². The van der Waals surface area contributed by atoms with Crippen molar-refractivity contribution in [2.45, 2.75) is 25.4 Å². The van der Waals surface area contributed by atoms with Crippen molar-refractivity contribution in [1.29, 1.82) is 0 Å². The zero-order valence-corrected chi connectivity index (χ0v) is 12.8. The lowest BCUT2D eigenvalue weighted by molar-refractivity contribution is -0.531. The number of likely N-dealkylation sites (tertiary alicyclic amines) is 1. The molecule has 3 unspecified atom stereocenters. The lowest BCUT2D eigenvalue weighted by Gasteiger charge is -2.22. The van der Waals surface area contributed by atoms with E-state index in [4.69, 9.17) is 0 Å². The maximum atomic E-state index is 14.0. The number of rotatable bonds is 3. The van der Waals surface area contributed by atoms with Crippen LogP contribution in [0.5, 0.6) is 0 Å². The van der Waals surface area contributed by atoms with Gasteiger partial charge >= 0.3 is 6.09 Å². The third-order valence-electron chi connectivity index (χ3n) is 3.81. The maximum absolute atomic E-state index is 14.0. The van der Waals surface area contributed by atoms with Crippen LogP contribution in [0.2, 0.25) is 0 Å². The zero-order chi connectivity index (χ0) is 15.7. The van der Waals surface area contributed by atoms with Crippen LogP contribution in [0.3, 0.4) is 0 Å². The number of amides is 1. The highest BCUT2D eigenvalue weighted by Crippen LogP contribution is 2.30. The number of nitrogens with zero attached hydrogens (tertiary/aromatic N) is 2. The molecular weight excluding hydrogens is 347 g/mol. The second kappa shape index (κ2) is 5.97. The van der Waals surface area contributed by atoms with Gasteiger partial charge in [-0.15, -0.1) is 0 Å². The van der Waals surface area contributed by atoms with Crippen molar-refractivity contribution in [2.75, 3.05) is 6.54 Å². The van der Waals surface area contributed by atoms with Crippen LogP contribution < -0.4 is 0 Å². The van der Waals surface area contributed by atoms with E-state index in [0.29, 0.717) is 0 Å². The Bertz CT molecular complexity index is 583. The number of hydrogen-bond donors (Lipinski definition) is 1. The van der Waals surface area contributed by atoms with E-state index in [1.54, 1.807) is 13.0 Å². The predicted octanol–water partition coefficient (Wildman–Crippen LogP) is 2.77. The van der Waals surface area contributed by atoms with E-state index in [2.05, 4.69) is 15.9 Å². The van der Waals surface area contributed by atoms with Crippen molar-refractivity contribution in [1.82, 2.24) is 4.90 Å². The van der Waals surface area contributed by atoms with Gasteiger partial charge in [0.05, 0.1) is 4.47 Å². The number of benzene rings is 1. The van der Waals surface area contributed by atoms with E-state index in [-0.39, 0.29) is 23.0 Å². The first kappa shape index (κ1) is 15.7. The highest BCUT2D eigenvalue weighted by Gasteiger charge is 2.49. The molecule has 21 heavy (non-hydrogen) atoms. The van der Waals surface area contributed by atoms with Gasteiger partial charge in [-0.2, -0.15) is 0 Å². The number of nitro groups is 1. The Balaban J connectivity index is 2.34. The van der Waals surface area contributed by atoms with E-state index < -0.39 is 34.8 Å². The maximum Gasteiger partial charge on any atom is 0.407 e. The molecule has 1 N–H and O–H groups in total. The van der Waals surface area contributed by atoms with E-state index in [1.165, 1.54) is 12.1 Å². The summed E-state index contributed by atoms with van der Waals surface area (Å²) in [7, 11) is 0. The normalized spacial score (nSPS) is 25.1. The molecule has 3 atom stereocenters. The number of halogens is 2. The van der Waals surface area contributed by atoms with E-state index >= 15 is 0 Å². The fourth-order valence-electron chi connectivity index (χ4n) is 2.85. The molecule has 1 aliphatic heterocycles. The first-order valence-corrected chi connectivity index (χ1v) is 7.18. The molecule has 8 heteroatoms. The molecule has 1 amide bonds. The summed E-state index contributed by atoms with van der Waals surface area (Å²) < 4.78 is 14.3. The van der Waals surface area contributed by atoms with Crippen molar-refractivity contribution < 1.29 is 19.2 Å². The quantitative estimate of drug-likeness (QED) is 0.663. The summed E-state index contributed by atoms with van der Waals surface area (Å²) >= 11 is 3.06. The van der Waals surface area contributed by atoms with Crippen molar-refractivity contribution in [3.8, 4) is 0 Å². The van der Waals surface area contributed by atoms with Crippen molar-refractivity contribution in [2.24, 2.45) is 5.92 Å². The summed E-state index contributed by atoms with van der Waals surface area (Å²) in [4.78, 5) is 23.1. The van der Waals surface area contributed by atoms with Gasteiger partial charge in [-0.1, -0.05) is 19.1 Å². The van der Waals surface area contributed by atoms with Crippen LogP contribution in [0.1, 0.15) is 12.5 Å². The van der Waals surface area contributed by atoms with E-state index in [1.807, 2.05) is 0 Å². The van der Waals surface area contributed by atoms with Gasteiger partial charge in [0.25, 0.3) is 0 Å². The lowest BCUT2D eigenvalue weighted by atomic mass is 9.95. The molecule has 1 aliphatic rings. The third-order valence-corrected chi connectivity index (χ3v) is 4.42. The van der Waals surface area contributed by atoms with Crippen LogP contribution in [-0.2, 0) is 6.42 Å². The van der Waals surface area contributed by atoms with Gasteiger partial charge in [0.1, 0.15) is 11.9 Å². The Hall–Kier alpha value is -1.70. The largest absolute Gasteiger partial charge is 0.465 e. The highest BCUT2D eigenvalue weighted by atomic mass is 79.9. The molecule has 0 bridgehead atoms. The molecule has 114 valence electrons. The van der Waals surface area contributed by atoms with Gasteiger partial charge < -0.3 is 5.11 Å². The summed E-state index contributed by atoms with van der Waals surface area (Å²) in [5, 5.41) is 20.4. The zero-order valence-electron chi connectivity index (χ0n) is 11.2. The van der Waals surface area contributed by atoms with Crippen molar-refractivity contribution in [3.63, 3.8) is 0 Å². The molecule has 1 fully saturated rings. The van der Waals surface area contributed by atoms with Crippen molar-refractivity contribution >= 4 is 22.0 Å². The molecule has 1 heterocycles. The molecular formula is C13H14BrFN2O4. The van der Waals surface area contributed by atoms with Gasteiger partial charge in [0.15, 0.2) is 0 Å². The third kappa shape index (κ3) is 2.99. The Morgan fingerprint density at radius 1 is 1.62 bits per heavy atom. The summed E-state index contributed by atoms with van der Waals surface area (Å²) in [5.74, 6) is -0.916. The van der Waals surface area contributed by atoms with Crippen LogP contribution in [-0.4, -0.2) is 39.7 Å². The fraction of sp³-hybridized carbons (Fsp3) is 0.462. The summed E-state index contributed by atoms with van der Waals surface area (Å²) in [6.07, 6.45) is -1.24. The van der Waals surface area contributed by atoms with Crippen molar-refractivity contribution in [3.05, 3.63) is 44.2 Å². The smallest absolute Gasteiger partial charge is 0.407 e. The molecule has 0 radical (unpaired) electrons. The molecule has 0 aliphatic carbocycles. The standard InChI is InChI=1S/C13H14BrFN2O4/c1-7-6-16(13(18)19)10(12(7)17(20)21)5-8-3-2-4-9(14)11(8)15/h2-4,7,10,12H,5-6H2,1H3,(H,18,19). The Morgan fingerprint density at radius 2 is 2.29 bits per heavy atom. The topological polar surface area (TPSA) is 83.7 Å². The number of carboxylic acid groups (broad SMARTS) is 1. The first-order valence-electron chi connectivity index (χ1n) is 6.39. The molecule has 0 aromatic heterocycles. The van der Waals surface area contributed by atoms with E-state index in [0.717, 1.165) is 4.90 Å². The van der Waals surface area contributed by atoms with E-state index in [9.17, 15) is 24.4 Å². The average molecular weight is 361 g/mol. The van der Waals surface area contributed by atoms with Gasteiger partial charge in [-0.25, -0.2) is 9.18 Å². The number of hydrogen-bond acceptors (Lipinski definition) is 3. The monoisotopic (exact) mass is 360 g/mol. The minimum atomic E-state index is -1.22. The second-order valence-electron chi connectivity index (χ2n) is 5.17.